The van der Waals surface area contributed by atoms with Crippen molar-refractivity contribution in [3.05, 3.63) is 54.1 Å². The SMILES string of the molecule is Cc1ccc(Oc2ccccc2NC(=O)N2CCC(C(=O)O)C2)cc1. The van der Waals surface area contributed by atoms with Gasteiger partial charge in [-0.05, 0) is 37.6 Å². The molecule has 25 heavy (non-hydrogen) atoms. The van der Waals surface area contributed by atoms with Crippen LogP contribution in [0.3, 0.4) is 0 Å². The zero-order valence-corrected chi connectivity index (χ0v) is 13.9. The molecule has 0 aliphatic carbocycles. The number of carbonyl (C=O) groups excluding carboxylic acids is 1. The van der Waals surface area contributed by atoms with Gasteiger partial charge in [0, 0.05) is 13.1 Å². The van der Waals surface area contributed by atoms with E-state index in [0.717, 1.165) is 5.56 Å². The smallest absolute Gasteiger partial charge is 0.321 e. The third-order valence-electron chi connectivity index (χ3n) is 4.20. The van der Waals surface area contributed by atoms with E-state index in [4.69, 9.17) is 9.84 Å². The highest BCUT2D eigenvalue weighted by molar-refractivity contribution is 5.91. The molecule has 3 rings (SSSR count). The third-order valence-corrected chi connectivity index (χ3v) is 4.20. The standard InChI is InChI=1S/C19H20N2O4/c1-13-6-8-15(9-7-13)25-17-5-3-2-4-16(17)20-19(24)21-11-10-14(12-21)18(22)23/h2-9,14H,10-12H2,1H3,(H,20,24)(H,22,23). The molecule has 0 spiro atoms. The van der Waals surface area contributed by atoms with Gasteiger partial charge >= 0.3 is 12.0 Å². The normalized spacial score (nSPS) is 16.5. The van der Waals surface area contributed by atoms with Crippen LogP contribution in [-0.4, -0.2) is 35.1 Å². The lowest BCUT2D eigenvalue weighted by Gasteiger charge is -2.18. The molecule has 0 saturated carbocycles. The molecule has 1 aliphatic rings. The van der Waals surface area contributed by atoms with E-state index in [0.29, 0.717) is 30.2 Å². The quantitative estimate of drug-likeness (QED) is 0.889. The summed E-state index contributed by atoms with van der Waals surface area (Å²) < 4.78 is 5.86. The van der Waals surface area contributed by atoms with E-state index in [1.165, 1.54) is 4.90 Å². The van der Waals surface area contributed by atoms with Gasteiger partial charge in [-0.1, -0.05) is 29.8 Å². The third kappa shape index (κ3) is 4.09. The van der Waals surface area contributed by atoms with Crippen molar-refractivity contribution in [3.8, 4) is 11.5 Å². The Balaban J connectivity index is 1.69. The summed E-state index contributed by atoms with van der Waals surface area (Å²) in [6.07, 6.45) is 0.476. The van der Waals surface area contributed by atoms with Crippen LogP contribution in [0.2, 0.25) is 0 Å². The Morgan fingerprint density at radius 3 is 2.56 bits per heavy atom. The summed E-state index contributed by atoms with van der Waals surface area (Å²) in [5.41, 5.74) is 1.68. The zero-order chi connectivity index (χ0) is 17.8. The van der Waals surface area contributed by atoms with Gasteiger partial charge in [0.15, 0.2) is 5.75 Å². The molecule has 2 amide bonds. The van der Waals surface area contributed by atoms with Gasteiger partial charge in [0.2, 0.25) is 0 Å². The largest absolute Gasteiger partial charge is 0.481 e. The molecule has 6 nitrogen and oxygen atoms in total. The molecule has 2 N–H and O–H groups in total. The van der Waals surface area contributed by atoms with Crippen LogP contribution in [0.4, 0.5) is 10.5 Å². The summed E-state index contributed by atoms with van der Waals surface area (Å²) in [5.74, 6) is -0.142. The van der Waals surface area contributed by atoms with Gasteiger partial charge in [-0.25, -0.2) is 4.79 Å². The molecule has 1 saturated heterocycles. The average Bonchev–Trinajstić information content (AvgIpc) is 3.09. The molecule has 1 atom stereocenters. The lowest BCUT2D eigenvalue weighted by atomic mass is 10.1. The number of benzene rings is 2. The molecule has 2 aromatic carbocycles. The molecule has 130 valence electrons. The zero-order valence-electron chi connectivity index (χ0n) is 13.9. The van der Waals surface area contributed by atoms with Gasteiger partial charge in [-0.3, -0.25) is 4.79 Å². The van der Waals surface area contributed by atoms with E-state index < -0.39 is 11.9 Å². The number of para-hydroxylation sites is 2. The summed E-state index contributed by atoms with van der Waals surface area (Å²) in [5, 5.41) is 11.9. The first kappa shape index (κ1) is 16.8. The minimum absolute atomic E-state index is 0.224. The number of hydrogen-bond donors (Lipinski definition) is 2. The summed E-state index contributed by atoms with van der Waals surface area (Å²) >= 11 is 0. The van der Waals surface area contributed by atoms with Crippen molar-refractivity contribution in [2.75, 3.05) is 18.4 Å². The van der Waals surface area contributed by atoms with Crippen LogP contribution in [0.15, 0.2) is 48.5 Å². The molecule has 0 bridgehead atoms. The molecule has 0 aromatic heterocycles. The van der Waals surface area contributed by atoms with E-state index in [1.807, 2.05) is 43.3 Å². The van der Waals surface area contributed by atoms with E-state index in [9.17, 15) is 9.59 Å². The number of nitrogens with zero attached hydrogens (tertiary/aromatic N) is 1. The maximum Gasteiger partial charge on any atom is 0.321 e. The van der Waals surface area contributed by atoms with Crippen LogP contribution in [0, 0.1) is 12.8 Å². The van der Waals surface area contributed by atoms with Crippen LogP contribution >= 0.6 is 0 Å². The number of anilines is 1. The number of nitrogens with one attached hydrogen (secondary N) is 1. The van der Waals surface area contributed by atoms with Gasteiger partial charge in [0.1, 0.15) is 5.75 Å². The van der Waals surface area contributed by atoms with Crippen molar-refractivity contribution < 1.29 is 19.4 Å². The Hall–Kier alpha value is -3.02. The number of carboxylic acids is 1. The Kier molecular flexibility index (Phi) is 4.88. The maximum atomic E-state index is 12.4. The van der Waals surface area contributed by atoms with Crippen molar-refractivity contribution in [1.82, 2.24) is 4.90 Å². The Morgan fingerprint density at radius 1 is 1.16 bits per heavy atom. The number of likely N-dealkylation sites (tertiary alicyclic amines) is 1. The lowest BCUT2D eigenvalue weighted by Crippen LogP contribution is -2.33. The number of ether oxygens (including phenoxy) is 1. The van der Waals surface area contributed by atoms with Gasteiger partial charge in [0.25, 0.3) is 0 Å². The first-order valence-corrected chi connectivity index (χ1v) is 8.15. The first-order chi connectivity index (χ1) is 12.0. The first-order valence-electron chi connectivity index (χ1n) is 8.15. The number of urea groups is 1. The fourth-order valence-electron chi connectivity index (χ4n) is 2.73. The number of aliphatic carboxylic acids is 1. The second-order valence-electron chi connectivity index (χ2n) is 6.11. The summed E-state index contributed by atoms with van der Waals surface area (Å²) in [4.78, 5) is 24.9. The van der Waals surface area contributed by atoms with Crippen LogP contribution in [0.1, 0.15) is 12.0 Å². The lowest BCUT2D eigenvalue weighted by molar-refractivity contribution is -0.141. The molecule has 1 fully saturated rings. The highest BCUT2D eigenvalue weighted by Crippen LogP contribution is 2.30. The van der Waals surface area contributed by atoms with Gasteiger partial charge in [-0.15, -0.1) is 0 Å². The molecule has 0 radical (unpaired) electrons. The Morgan fingerprint density at radius 2 is 1.88 bits per heavy atom. The molecular formula is C19H20N2O4. The minimum Gasteiger partial charge on any atom is -0.481 e. The summed E-state index contributed by atoms with van der Waals surface area (Å²) in [6.45, 7) is 2.66. The molecule has 2 aromatic rings. The van der Waals surface area contributed by atoms with E-state index in [1.54, 1.807) is 12.1 Å². The van der Waals surface area contributed by atoms with E-state index >= 15 is 0 Å². The molecular weight excluding hydrogens is 320 g/mol. The average molecular weight is 340 g/mol. The summed E-state index contributed by atoms with van der Waals surface area (Å²) in [7, 11) is 0. The van der Waals surface area contributed by atoms with Crippen LogP contribution in [0.5, 0.6) is 11.5 Å². The number of carboxylic acid groups (broad SMARTS) is 1. The number of carbonyl (C=O) groups is 2. The van der Waals surface area contributed by atoms with Crippen LogP contribution in [0.25, 0.3) is 0 Å². The van der Waals surface area contributed by atoms with Crippen LogP contribution in [-0.2, 0) is 4.79 Å². The minimum atomic E-state index is -0.863. The monoisotopic (exact) mass is 340 g/mol. The van der Waals surface area contributed by atoms with Gasteiger partial charge < -0.3 is 20.1 Å². The van der Waals surface area contributed by atoms with Crippen molar-refractivity contribution in [2.45, 2.75) is 13.3 Å². The Bertz CT molecular complexity index is 773. The molecule has 1 unspecified atom stereocenters. The molecule has 1 heterocycles. The van der Waals surface area contributed by atoms with Crippen LogP contribution < -0.4 is 10.1 Å². The van der Waals surface area contributed by atoms with Gasteiger partial charge in [-0.2, -0.15) is 0 Å². The summed E-state index contributed by atoms with van der Waals surface area (Å²) in [6, 6.07) is 14.5. The maximum absolute atomic E-state index is 12.4. The van der Waals surface area contributed by atoms with Crippen molar-refractivity contribution in [2.24, 2.45) is 5.92 Å². The van der Waals surface area contributed by atoms with Gasteiger partial charge in [0.05, 0.1) is 11.6 Å². The second-order valence-corrected chi connectivity index (χ2v) is 6.11. The predicted octanol–water partition coefficient (Wildman–Crippen LogP) is 3.73. The number of hydrogen-bond acceptors (Lipinski definition) is 3. The van der Waals surface area contributed by atoms with E-state index in [-0.39, 0.29) is 12.6 Å². The topological polar surface area (TPSA) is 78.9 Å². The second kappa shape index (κ2) is 7.25. The fraction of sp³-hybridized carbons (Fsp3) is 0.263. The predicted molar refractivity (Wildman–Crippen MR) is 94.0 cm³/mol. The van der Waals surface area contributed by atoms with E-state index in [2.05, 4.69) is 5.32 Å². The highest BCUT2D eigenvalue weighted by Gasteiger charge is 2.31. The number of rotatable bonds is 4. The molecule has 6 heteroatoms. The highest BCUT2D eigenvalue weighted by atomic mass is 16.5. The van der Waals surface area contributed by atoms with Crippen molar-refractivity contribution in [3.63, 3.8) is 0 Å². The Labute approximate surface area is 146 Å². The fourth-order valence-corrected chi connectivity index (χ4v) is 2.73. The van der Waals surface area contributed by atoms with Crippen molar-refractivity contribution in [1.29, 1.82) is 0 Å². The number of aryl methyl sites for hydroxylation is 1. The number of amides is 2. The van der Waals surface area contributed by atoms with Crippen molar-refractivity contribution >= 4 is 17.7 Å². The molecule has 1 aliphatic heterocycles.